The smallest absolute Gasteiger partial charge is 0.135 e. The molecule has 0 aromatic heterocycles. The van der Waals surface area contributed by atoms with E-state index in [9.17, 15) is 0 Å². The minimum Gasteiger partial charge on any atom is -0.369 e. The average molecular weight is 227 g/mol. The zero-order valence-electron chi connectivity index (χ0n) is 8.07. The van der Waals surface area contributed by atoms with Gasteiger partial charge in [-0.2, -0.15) is 0 Å². The number of aliphatic imine (C=N–C) groups is 1. The maximum Gasteiger partial charge on any atom is 0.135 e. The fraction of sp³-hybridized carbons (Fsp3) is 0.200. The molecule has 0 aliphatic rings. The van der Waals surface area contributed by atoms with Crippen molar-refractivity contribution in [1.82, 2.24) is 4.90 Å². The van der Waals surface area contributed by atoms with Gasteiger partial charge < -0.3 is 4.90 Å². The predicted octanol–water partition coefficient (Wildman–Crippen LogP) is 2.61. The largest absolute Gasteiger partial charge is 0.369 e. The molecule has 0 aliphatic carbocycles. The highest BCUT2D eigenvalue weighted by atomic mass is 35.5. The Balaban J connectivity index is 2.75. The summed E-state index contributed by atoms with van der Waals surface area (Å²) >= 11 is 10.9. The first-order valence-electron chi connectivity index (χ1n) is 4.10. The molecule has 0 fully saturated rings. The van der Waals surface area contributed by atoms with Crippen LogP contribution in [0.2, 0.25) is 5.02 Å². The van der Waals surface area contributed by atoms with Gasteiger partial charge in [-0.25, -0.2) is 4.99 Å². The number of benzene rings is 1. The molecule has 0 spiro atoms. The lowest BCUT2D eigenvalue weighted by atomic mass is 10.2. The fourth-order valence-corrected chi connectivity index (χ4v) is 1.14. The summed E-state index contributed by atoms with van der Waals surface area (Å²) in [5, 5.41) is 0.702. The van der Waals surface area contributed by atoms with E-state index in [4.69, 9.17) is 23.8 Å². The molecule has 1 aromatic carbocycles. The van der Waals surface area contributed by atoms with E-state index in [2.05, 4.69) is 4.99 Å². The Morgan fingerprint density at radius 2 is 1.93 bits per heavy atom. The monoisotopic (exact) mass is 226 g/mol. The van der Waals surface area contributed by atoms with Crippen molar-refractivity contribution in [2.45, 2.75) is 0 Å². The van der Waals surface area contributed by atoms with Crippen molar-refractivity contribution in [2.75, 3.05) is 14.1 Å². The first-order chi connectivity index (χ1) is 6.59. The summed E-state index contributed by atoms with van der Waals surface area (Å²) in [6.07, 6.45) is 1.68. The van der Waals surface area contributed by atoms with E-state index in [0.717, 1.165) is 5.56 Å². The van der Waals surface area contributed by atoms with Crippen LogP contribution in [0.25, 0.3) is 0 Å². The molecule has 4 heteroatoms. The predicted molar refractivity (Wildman–Crippen MR) is 65.3 cm³/mol. The van der Waals surface area contributed by atoms with Gasteiger partial charge >= 0.3 is 0 Å². The van der Waals surface area contributed by atoms with Crippen LogP contribution < -0.4 is 0 Å². The number of thiocarbonyl (C=S) groups is 1. The topological polar surface area (TPSA) is 15.6 Å². The van der Waals surface area contributed by atoms with Gasteiger partial charge in [-0.15, -0.1) is 0 Å². The van der Waals surface area contributed by atoms with Gasteiger partial charge in [0.25, 0.3) is 0 Å². The Morgan fingerprint density at radius 1 is 1.36 bits per heavy atom. The van der Waals surface area contributed by atoms with Crippen LogP contribution in [-0.2, 0) is 0 Å². The van der Waals surface area contributed by atoms with E-state index >= 15 is 0 Å². The lowest BCUT2D eigenvalue weighted by Gasteiger charge is -2.03. The molecule has 14 heavy (non-hydrogen) atoms. The molecule has 0 unspecified atom stereocenters. The Hall–Kier alpha value is -0.930. The number of hydrogen-bond acceptors (Lipinski definition) is 1. The molecule has 0 atom stereocenters. The Labute approximate surface area is 94.2 Å². The van der Waals surface area contributed by atoms with Crippen LogP contribution in [0, 0.1) is 0 Å². The zero-order chi connectivity index (χ0) is 10.6. The van der Waals surface area contributed by atoms with Gasteiger partial charge in [0.15, 0.2) is 0 Å². The van der Waals surface area contributed by atoms with Crippen LogP contribution in [0.4, 0.5) is 0 Å². The van der Waals surface area contributed by atoms with E-state index in [-0.39, 0.29) is 0 Å². The van der Waals surface area contributed by atoms with E-state index in [1.54, 1.807) is 18.5 Å². The van der Waals surface area contributed by atoms with E-state index < -0.39 is 0 Å². The lowest BCUT2D eigenvalue weighted by molar-refractivity contribution is 0.644. The van der Waals surface area contributed by atoms with Crippen molar-refractivity contribution >= 4 is 35.1 Å². The fourth-order valence-electron chi connectivity index (χ4n) is 0.835. The molecular formula is C10H11ClN2S. The molecule has 74 valence electrons. The van der Waals surface area contributed by atoms with Crippen LogP contribution in [0.1, 0.15) is 5.56 Å². The Bertz CT molecular complexity index is 344. The summed E-state index contributed by atoms with van der Waals surface area (Å²) < 4.78 is 0. The molecule has 0 aliphatic heterocycles. The zero-order valence-corrected chi connectivity index (χ0v) is 9.64. The second kappa shape index (κ2) is 5.08. The highest BCUT2D eigenvalue weighted by Crippen LogP contribution is 2.10. The average Bonchev–Trinajstić information content (AvgIpc) is 2.15. The molecule has 0 saturated carbocycles. The maximum absolute atomic E-state index is 5.75. The van der Waals surface area contributed by atoms with Crippen LogP contribution in [0.5, 0.6) is 0 Å². The van der Waals surface area contributed by atoms with Crippen LogP contribution in [0.3, 0.4) is 0 Å². The van der Waals surface area contributed by atoms with Crippen LogP contribution in [0.15, 0.2) is 29.3 Å². The van der Waals surface area contributed by atoms with Gasteiger partial charge in [0, 0.05) is 24.7 Å². The Morgan fingerprint density at radius 3 is 2.43 bits per heavy atom. The van der Waals surface area contributed by atoms with Gasteiger partial charge in [0.1, 0.15) is 4.99 Å². The number of halogens is 1. The highest BCUT2D eigenvalue weighted by molar-refractivity contribution is 7.80. The molecule has 2 nitrogen and oxygen atoms in total. The molecule has 0 N–H and O–H groups in total. The number of nitrogens with zero attached hydrogens (tertiary/aromatic N) is 2. The van der Waals surface area contributed by atoms with Gasteiger partial charge in [0.05, 0.1) is 6.34 Å². The van der Waals surface area contributed by atoms with Gasteiger partial charge in [-0.1, -0.05) is 36.0 Å². The minimum absolute atomic E-state index is 0.565. The lowest BCUT2D eigenvalue weighted by Crippen LogP contribution is -2.09. The standard InChI is InChI=1S/C10H11ClN2S/c1-13(2)7-12-10(14)8-3-5-9(11)6-4-8/h3-7H,1-2H3. The van der Waals surface area contributed by atoms with Gasteiger partial charge in [0.2, 0.25) is 0 Å². The van der Waals surface area contributed by atoms with E-state index in [1.165, 1.54) is 0 Å². The third-order valence-electron chi connectivity index (χ3n) is 1.50. The summed E-state index contributed by atoms with van der Waals surface area (Å²) in [5.74, 6) is 0. The summed E-state index contributed by atoms with van der Waals surface area (Å²) in [6.45, 7) is 0. The summed E-state index contributed by atoms with van der Waals surface area (Å²) in [6, 6.07) is 7.32. The quantitative estimate of drug-likeness (QED) is 0.438. The van der Waals surface area contributed by atoms with Crippen molar-refractivity contribution in [2.24, 2.45) is 4.99 Å². The third-order valence-corrected chi connectivity index (χ3v) is 2.09. The van der Waals surface area contributed by atoms with E-state index in [0.29, 0.717) is 10.0 Å². The molecule has 0 bridgehead atoms. The molecule has 0 heterocycles. The third kappa shape index (κ3) is 3.44. The van der Waals surface area contributed by atoms with Crippen molar-refractivity contribution < 1.29 is 0 Å². The SMILES string of the molecule is CN(C)C=NC(=S)c1ccc(Cl)cc1. The molecule has 0 saturated heterocycles. The molecule has 0 amide bonds. The molecule has 1 rings (SSSR count). The van der Waals surface area contributed by atoms with Gasteiger partial charge in [-0.05, 0) is 12.1 Å². The van der Waals surface area contributed by atoms with Crippen molar-refractivity contribution in [3.63, 3.8) is 0 Å². The maximum atomic E-state index is 5.75. The summed E-state index contributed by atoms with van der Waals surface area (Å²) in [7, 11) is 3.79. The Kier molecular flexibility index (Phi) is 4.04. The second-order valence-electron chi connectivity index (χ2n) is 3.02. The minimum atomic E-state index is 0.565. The van der Waals surface area contributed by atoms with Gasteiger partial charge in [-0.3, -0.25) is 0 Å². The van der Waals surface area contributed by atoms with Crippen molar-refractivity contribution in [3.05, 3.63) is 34.9 Å². The molecule has 0 radical (unpaired) electrons. The first kappa shape index (κ1) is 11.1. The number of rotatable bonds is 2. The highest BCUT2D eigenvalue weighted by Gasteiger charge is 1.97. The second-order valence-corrected chi connectivity index (χ2v) is 3.84. The van der Waals surface area contributed by atoms with Crippen molar-refractivity contribution in [1.29, 1.82) is 0 Å². The van der Waals surface area contributed by atoms with Crippen LogP contribution >= 0.6 is 23.8 Å². The van der Waals surface area contributed by atoms with Crippen LogP contribution in [-0.4, -0.2) is 30.3 Å². The number of hydrogen-bond donors (Lipinski definition) is 0. The summed E-state index contributed by atoms with van der Waals surface area (Å²) in [4.78, 5) is 6.51. The molecule has 1 aromatic rings. The van der Waals surface area contributed by atoms with Crippen molar-refractivity contribution in [3.8, 4) is 0 Å². The molecular weight excluding hydrogens is 216 g/mol. The van der Waals surface area contributed by atoms with E-state index in [1.807, 2.05) is 31.1 Å². The normalized spacial score (nSPS) is 10.5. The first-order valence-corrected chi connectivity index (χ1v) is 4.89. The summed E-state index contributed by atoms with van der Waals surface area (Å²) in [5.41, 5.74) is 0.905.